The normalized spacial score (nSPS) is 19.4. The SMILES string of the molecule is CC1(C)CCN(C(=O)N[C@@H](CCC(=O)O)C(=O)O)CCS1. The lowest BCUT2D eigenvalue weighted by Crippen LogP contribution is -2.48. The van der Waals surface area contributed by atoms with Crippen molar-refractivity contribution in [1.82, 2.24) is 10.2 Å². The Morgan fingerprint density at radius 3 is 2.52 bits per heavy atom. The predicted molar refractivity (Wildman–Crippen MR) is 79.6 cm³/mol. The van der Waals surface area contributed by atoms with Crippen LogP contribution in [0.4, 0.5) is 4.79 Å². The van der Waals surface area contributed by atoms with Gasteiger partial charge in [-0.05, 0) is 12.8 Å². The molecule has 8 heteroatoms. The molecule has 0 aliphatic carbocycles. The number of aliphatic carboxylic acids is 2. The zero-order valence-corrected chi connectivity index (χ0v) is 13.1. The molecule has 1 heterocycles. The van der Waals surface area contributed by atoms with E-state index >= 15 is 0 Å². The van der Waals surface area contributed by atoms with Gasteiger partial charge < -0.3 is 20.4 Å². The molecule has 1 rings (SSSR count). The van der Waals surface area contributed by atoms with Crippen LogP contribution in [-0.2, 0) is 9.59 Å². The number of thioether (sulfide) groups is 1. The summed E-state index contributed by atoms with van der Waals surface area (Å²) in [5, 5.41) is 20.1. The van der Waals surface area contributed by atoms with Crippen molar-refractivity contribution in [1.29, 1.82) is 0 Å². The molecule has 0 spiro atoms. The molecule has 0 aromatic rings. The third kappa shape index (κ3) is 6.24. The first-order valence-electron chi connectivity index (χ1n) is 6.85. The van der Waals surface area contributed by atoms with Crippen molar-refractivity contribution in [3.8, 4) is 0 Å². The highest BCUT2D eigenvalue weighted by atomic mass is 32.2. The minimum atomic E-state index is -1.21. The first kappa shape index (κ1) is 17.6. The molecule has 0 radical (unpaired) electrons. The van der Waals surface area contributed by atoms with E-state index in [2.05, 4.69) is 19.2 Å². The van der Waals surface area contributed by atoms with Crippen LogP contribution in [0.2, 0.25) is 0 Å². The van der Waals surface area contributed by atoms with E-state index in [1.54, 1.807) is 16.7 Å². The average molecular weight is 318 g/mol. The van der Waals surface area contributed by atoms with Crippen LogP contribution in [0.3, 0.4) is 0 Å². The van der Waals surface area contributed by atoms with Gasteiger partial charge in [0.05, 0.1) is 0 Å². The summed E-state index contributed by atoms with van der Waals surface area (Å²) in [6.45, 7) is 5.36. The molecular formula is C13H22N2O5S. The van der Waals surface area contributed by atoms with E-state index in [1.807, 2.05) is 0 Å². The maximum absolute atomic E-state index is 12.1. The molecule has 1 atom stereocenters. The number of carboxylic acid groups (broad SMARTS) is 2. The summed E-state index contributed by atoms with van der Waals surface area (Å²) in [5.74, 6) is -1.50. The van der Waals surface area contributed by atoms with Gasteiger partial charge in [-0.25, -0.2) is 9.59 Å². The number of hydrogen-bond donors (Lipinski definition) is 3. The van der Waals surface area contributed by atoms with E-state index in [0.29, 0.717) is 13.1 Å². The highest BCUT2D eigenvalue weighted by Gasteiger charge is 2.28. The number of nitrogens with one attached hydrogen (secondary N) is 1. The lowest BCUT2D eigenvalue weighted by molar-refractivity contribution is -0.140. The fourth-order valence-corrected chi connectivity index (χ4v) is 3.09. The molecule has 0 saturated carbocycles. The Bertz CT molecular complexity index is 413. The van der Waals surface area contributed by atoms with E-state index in [9.17, 15) is 14.4 Å². The maximum Gasteiger partial charge on any atom is 0.326 e. The minimum Gasteiger partial charge on any atom is -0.481 e. The molecule has 7 nitrogen and oxygen atoms in total. The molecule has 1 saturated heterocycles. The van der Waals surface area contributed by atoms with Crippen LogP contribution in [0, 0.1) is 0 Å². The number of carbonyl (C=O) groups is 3. The largest absolute Gasteiger partial charge is 0.481 e. The van der Waals surface area contributed by atoms with Gasteiger partial charge in [-0.15, -0.1) is 0 Å². The van der Waals surface area contributed by atoms with Crippen molar-refractivity contribution >= 4 is 29.7 Å². The van der Waals surface area contributed by atoms with Crippen molar-refractivity contribution in [2.24, 2.45) is 0 Å². The third-order valence-corrected chi connectivity index (χ3v) is 4.74. The number of urea groups is 1. The van der Waals surface area contributed by atoms with Crippen LogP contribution in [-0.4, -0.2) is 62.7 Å². The van der Waals surface area contributed by atoms with Crippen LogP contribution in [0.5, 0.6) is 0 Å². The second-order valence-corrected chi connectivity index (χ2v) is 7.42. The molecule has 1 aliphatic rings. The van der Waals surface area contributed by atoms with Crippen LogP contribution in [0.1, 0.15) is 33.1 Å². The number of carbonyl (C=O) groups excluding carboxylic acids is 1. The Labute approximate surface area is 128 Å². The van der Waals surface area contributed by atoms with E-state index < -0.39 is 24.0 Å². The second kappa shape index (κ2) is 7.53. The van der Waals surface area contributed by atoms with Gasteiger partial charge in [-0.3, -0.25) is 4.79 Å². The van der Waals surface area contributed by atoms with Crippen LogP contribution < -0.4 is 5.32 Å². The van der Waals surface area contributed by atoms with Gasteiger partial charge in [-0.1, -0.05) is 13.8 Å². The molecule has 1 fully saturated rings. The van der Waals surface area contributed by atoms with Crippen molar-refractivity contribution in [2.75, 3.05) is 18.8 Å². The van der Waals surface area contributed by atoms with Gasteiger partial charge >= 0.3 is 18.0 Å². The second-order valence-electron chi connectivity index (χ2n) is 5.62. The Balaban J connectivity index is 2.56. The molecule has 0 aromatic heterocycles. The van der Waals surface area contributed by atoms with Crippen molar-refractivity contribution in [3.05, 3.63) is 0 Å². The average Bonchev–Trinajstić information content (AvgIpc) is 2.54. The first-order valence-corrected chi connectivity index (χ1v) is 7.84. The lowest BCUT2D eigenvalue weighted by atomic mass is 10.1. The topological polar surface area (TPSA) is 107 Å². The van der Waals surface area contributed by atoms with Gasteiger partial charge in [-0.2, -0.15) is 11.8 Å². The summed E-state index contributed by atoms with van der Waals surface area (Å²) in [6.07, 6.45) is 0.419. The molecule has 1 aliphatic heterocycles. The van der Waals surface area contributed by atoms with Gasteiger partial charge in [0.15, 0.2) is 0 Å². The van der Waals surface area contributed by atoms with Crippen molar-refractivity contribution in [3.63, 3.8) is 0 Å². The standard InChI is InChI=1S/C13H22N2O5S/c1-13(2)5-6-15(7-8-21-13)12(20)14-9(11(18)19)3-4-10(16)17/h9H,3-8H2,1-2H3,(H,14,20)(H,16,17)(H,18,19)/t9-/m0/s1. The quantitative estimate of drug-likeness (QED) is 0.704. The molecule has 0 unspecified atom stereocenters. The Kier molecular flexibility index (Phi) is 6.32. The molecule has 0 bridgehead atoms. The van der Waals surface area contributed by atoms with Crippen molar-refractivity contribution in [2.45, 2.75) is 43.9 Å². The molecule has 2 amide bonds. The van der Waals surface area contributed by atoms with Crippen molar-refractivity contribution < 1.29 is 24.6 Å². The zero-order valence-electron chi connectivity index (χ0n) is 12.3. The van der Waals surface area contributed by atoms with E-state index in [4.69, 9.17) is 10.2 Å². The molecular weight excluding hydrogens is 296 g/mol. The number of hydrogen-bond acceptors (Lipinski definition) is 4. The minimum absolute atomic E-state index is 0.102. The van der Waals surface area contributed by atoms with Crippen LogP contribution >= 0.6 is 11.8 Å². The predicted octanol–water partition coefficient (Wildman–Crippen LogP) is 1.23. The van der Waals surface area contributed by atoms with E-state index in [1.165, 1.54) is 0 Å². The number of nitrogens with zero attached hydrogens (tertiary/aromatic N) is 1. The fourth-order valence-electron chi connectivity index (χ4n) is 1.99. The molecule has 120 valence electrons. The summed E-state index contributed by atoms with van der Waals surface area (Å²) in [4.78, 5) is 35.3. The Hall–Kier alpha value is -1.44. The first-order chi connectivity index (χ1) is 9.71. The van der Waals surface area contributed by atoms with E-state index in [-0.39, 0.29) is 17.6 Å². The summed E-state index contributed by atoms with van der Waals surface area (Å²) in [5.41, 5.74) is 0. The maximum atomic E-state index is 12.1. The summed E-state index contributed by atoms with van der Waals surface area (Å²) in [6, 6.07) is -1.61. The van der Waals surface area contributed by atoms with Crippen LogP contribution in [0.25, 0.3) is 0 Å². The van der Waals surface area contributed by atoms with Gasteiger partial charge in [0, 0.05) is 30.0 Å². The Morgan fingerprint density at radius 2 is 1.95 bits per heavy atom. The monoisotopic (exact) mass is 318 g/mol. The Morgan fingerprint density at radius 1 is 1.29 bits per heavy atom. The molecule has 0 aromatic carbocycles. The lowest BCUT2D eigenvalue weighted by Gasteiger charge is -2.24. The third-order valence-electron chi connectivity index (χ3n) is 3.37. The number of amides is 2. The highest BCUT2D eigenvalue weighted by Crippen LogP contribution is 2.30. The van der Waals surface area contributed by atoms with Crippen LogP contribution in [0.15, 0.2) is 0 Å². The summed E-state index contributed by atoms with van der Waals surface area (Å²) in [7, 11) is 0. The van der Waals surface area contributed by atoms with E-state index in [0.717, 1.165) is 12.2 Å². The number of carboxylic acids is 2. The van der Waals surface area contributed by atoms with Gasteiger partial charge in [0.25, 0.3) is 0 Å². The van der Waals surface area contributed by atoms with Gasteiger partial charge in [0.1, 0.15) is 6.04 Å². The fraction of sp³-hybridized carbons (Fsp3) is 0.769. The molecule has 3 N–H and O–H groups in total. The molecule has 21 heavy (non-hydrogen) atoms. The smallest absolute Gasteiger partial charge is 0.326 e. The zero-order chi connectivity index (χ0) is 16.0. The van der Waals surface area contributed by atoms with Gasteiger partial charge in [0.2, 0.25) is 0 Å². The number of rotatable bonds is 5. The highest BCUT2D eigenvalue weighted by molar-refractivity contribution is 8.00. The summed E-state index contributed by atoms with van der Waals surface area (Å²) < 4.78 is 0.102. The summed E-state index contributed by atoms with van der Waals surface area (Å²) >= 11 is 1.79.